The maximum absolute atomic E-state index is 14.8. The number of hydrogen-bond acceptors (Lipinski definition) is 13. The van der Waals surface area contributed by atoms with Crippen LogP contribution in [0.25, 0.3) is 22.3 Å². The number of likely N-dealkylation sites (tertiary alicyclic amines) is 1. The Hall–Kier alpha value is -5.13. The molecule has 0 bridgehead atoms. The van der Waals surface area contributed by atoms with Gasteiger partial charge < -0.3 is 49.9 Å². The van der Waals surface area contributed by atoms with Gasteiger partial charge in [0.15, 0.2) is 0 Å². The summed E-state index contributed by atoms with van der Waals surface area (Å²) < 4.78 is 24.5. The highest BCUT2D eigenvalue weighted by atomic mass is 35.5. The Balaban J connectivity index is 1.09. The van der Waals surface area contributed by atoms with Gasteiger partial charge in [-0.05, 0) is 68.9 Å². The Morgan fingerprint density at radius 3 is 2.48 bits per heavy atom. The molecule has 2 saturated heterocycles. The number of halogens is 1. The van der Waals surface area contributed by atoms with Crippen molar-refractivity contribution in [1.82, 2.24) is 35.7 Å². The highest BCUT2D eigenvalue weighted by Crippen LogP contribution is 2.52. The molecule has 340 valence electrons. The Bertz CT molecular complexity index is 2230. The molecule has 2 aromatic heterocycles. The van der Waals surface area contributed by atoms with E-state index in [1.165, 1.54) is 17.2 Å². The number of aliphatic carboxylic acids is 1. The molecule has 8 rings (SSSR count). The van der Waals surface area contributed by atoms with E-state index in [-0.39, 0.29) is 36.6 Å². The summed E-state index contributed by atoms with van der Waals surface area (Å²) in [5.41, 5.74) is -1.17. The van der Waals surface area contributed by atoms with Crippen molar-refractivity contribution in [2.75, 3.05) is 51.2 Å². The van der Waals surface area contributed by atoms with Gasteiger partial charge in [-0.1, -0.05) is 38.4 Å². The number of piperazine rings is 1. The highest BCUT2D eigenvalue weighted by molar-refractivity contribution is 6.36. The molecule has 1 aromatic carbocycles. The summed E-state index contributed by atoms with van der Waals surface area (Å²) in [5.74, 6) is -0.873. The molecule has 5 aliphatic rings. The number of benzene rings is 1. The molecule has 5 N–H and O–H groups in total. The van der Waals surface area contributed by atoms with Crippen molar-refractivity contribution in [3.8, 4) is 22.9 Å². The average molecular weight is 891 g/mol. The minimum Gasteiger partial charge on any atom is -0.491 e. The smallest absolute Gasteiger partial charge is 0.408 e. The molecule has 0 radical (unpaired) electrons. The number of alkyl carbamates (subject to hydrolysis) is 1. The van der Waals surface area contributed by atoms with E-state index < -0.39 is 58.9 Å². The first kappa shape index (κ1) is 44.5. The molecule has 0 spiro atoms. The van der Waals surface area contributed by atoms with Gasteiger partial charge in [0, 0.05) is 62.6 Å². The molecule has 3 saturated carbocycles. The van der Waals surface area contributed by atoms with Gasteiger partial charge in [0.1, 0.15) is 64.9 Å². The largest absolute Gasteiger partial charge is 0.491 e. The minimum atomic E-state index is -1.54. The number of amides is 3. The number of carbonyl (C=O) groups excluding carboxylic acids is 3. The molecule has 18 heteroatoms. The van der Waals surface area contributed by atoms with Gasteiger partial charge in [-0.25, -0.2) is 14.6 Å². The van der Waals surface area contributed by atoms with Crippen molar-refractivity contribution in [3.05, 3.63) is 42.1 Å². The van der Waals surface area contributed by atoms with Gasteiger partial charge >= 0.3 is 12.1 Å². The lowest BCUT2D eigenvalue weighted by molar-refractivity contribution is -0.146. The Kier molecular flexibility index (Phi) is 12.6. The molecule has 63 heavy (non-hydrogen) atoms. The van der Waals surface area contributed by atoms with E-state index in [1.807, 2.05) is 40.7 Å². The summed E-state index contributed by atoms with van der Waals surface area (Å²) in [5, 5.41) is 23.1. The summed E-state index contributed by atoms with van der Waals surface area (Å²) >= 11 is 7.08. The van der Waals surface area contributed by atoms with Crippen molar-refractivity contribution in [2.45, 2.75) is 103 Å². The number of ether oxygens (including phenoxy) is 3. The second-order valence-electron chi connectivity index (χ2n) is 19.0. The van der Waals surface area contributed by atoms with Gasteiger partial charge in [0.2, 0.25) is 11.8 Å². The number of hydrogen-bond donors (Lipinski definition) is 5. The van der Waals surface area contributed by atoms with Crippen LogP contribution in [0, 0.1) is 23.2 Å². The Labute approximate surface area is 372 Å². The third kappa shape index (κ3) is 9.70. The number of aromatic nitrogens is 2. The molecule has 3 aromatic rings. The fourth-order valence-corrected chi connectivity index (χ4v) is 9.48. The first-order chi connectivity index (χ1) is 30.0. The summed E-state index contributed by atoms with van der Waals surface area (Å²) in [6.45, 7) is 17.9. The minimum absolute atomic E-state index is 0.00466. The molecule has 17 nitrogen and oxygen atoms in total. The van der Waals surface area contributed by atoms with Crippen molar-refractivity contribution < 1.29 is 42.9 Å². The predicted octanol–water partition coefficient (Wildman–Crippen LogP) is 5.08. The van der Waals surface area contributed by atoms with Gasteiger partial charge in [-0.15, -0.1) is 6.58 Å². The molecular weight excluding hydrogens is 832 g/mol. The Morgan fingerprint density at radius 1 is 1.06 bits per heavy atom. The lowest BCUT2D eigenvalue weighted by Gasteiger charge is -2.35. The summed E-state index contributed by atoms with van der Waals surface area (Å²) in [4.78, 5) is 68.1. The van der Waals surface area contributed by atoms with E-state index >= 15 is 0 Å². The van der Waals surface area contributed by atoms with E-state index in [4.69, 9.17) is 35.2 Å². The normalized spacial score (nSPS) is 27.1. The van der Waals surface area contributed by atoms with E-state index in [9.17, 15) is 24.3 Å². The Morgan fingerprint density at radius 2 is 1.81 bits per heavy atom. The lowest BCUT2D eigenvalue weighted by atomic mass is 9.85. The SMILES string of the molecule is C=C[C@@H]1C[C@]1(NC(=O)[C@@H]1C[C@H](Oc2cc(-c3coc(NC(C)C)n3)nc3c(Cl)c(OCCN4CCNCC4)ccc23)CN1C(=O)[C@@H](NC(=O)OC1C[C@@H]2C[C@@H]2C1)C(C)(C)C)C(=O)O. The fraction of sp³-hybridized carbons (Fsp3) is 0.600. The van der Waals surface area contributed by atoms with Crippen molar-refractivity contribution in [1.29, 1.82) is 0 Å². The van der Waals surface area contributed by atoms with Gasteiger partial charge in [0.25, 0.3) is 6.01 Å². The van der Waals surface area contributed by atoms with Gasteiger partial charge in [0.05, 0.1) is 17.8 Å². The molecule has 5 fully saturated rings. The number of nitrogens with one attached hydrogen (secondary N) is 4. The summed E-state index contributed by atoms with van der Waals surface area (Å²) in [6, 6.07) is 3.40. The molecule has 8 atom stereocenters. The predicted molar refractivity (Wildman–Crippen MR) is 235 cm³/mol. The molecule has 3 aliphatic carbocycles. The van der Waals surface area contributed by atoms with E-state index in [2.05, 4.69) is 37.7 Å². The zero-order valence-electron chi connectivity index (χ0n) is 36.6. The van der Waals surface area contributed by atoms with Crippen LogP contribution in [-0.4, -0.2) is 130 Å². The van der Waals surface area contributed by atoms with Crippen LogP contribution in [0.3, 0.4) is 0 Å². The topological polar surface area (TPSA) is 210 Å². The number of nitrogens with zero attached hydrogens (tertiary/aromatic N) is 4. The molecular formula is C45H59ClN8O9. The van der Waals surface area contributed by atoms with Gasteiger partial charge in [-0.2, -0.15) is 4.98 Å². The van der Waals surface area contributed by atoms with Crippen LogP contribution in [0.2, 0.25) is 5.02 Å². The summed E-state index contributed by atoms with van der Waals surface area (Å²) in [6.07, 6.45) is 4.26. The number of carboxylic acid groups (broad SMARTS) is 1. The van der Waals surface area contributed by atoms with Crippen LogP contribution in [0.5, 0.6) is 11.5 Å². The number of pyridine rings is 1. The van der Waals surface area contributed by atoms with Gasteiger partial charge in [-0.3, -0.25) is 14.5 Å². The van der Waals surface area contributed by atoms with E-state index in [0.29, 0.717) is 58.2 Å². The van der Waals surface area contributed by atoms with Crippen molar-refractivity contribution in [3.63, 3.8) is 0 Å². The first-order valence-corrected chi connectivity index (χ1v) is 22.4. The second kappa shape index (κ2) is 17.8. The monoisotopic (exact) mass is 890 g/mol. The zero-order valence-corrected chi connectivity index (χ0v) is 37.3. The van der Waals surface area contributed by atoms with E-state index in [1.54, 1.807) is 12.1 Å². The van der Waals surface area contributed by atoms with E-state index in [0.717, 1.165) is 52.0 Å². The highest BCUT2D eigenvalue weighted by Gasteiger charge is 2.61. The van der Waals surface area contributed by atoms with Crippen LogP contribution in [0.1, 0.15) is 66.7 Å². The second-order valence-corrected chi connectivity index (χ2v) is 19.4. The first-order valence-electron chi connectivity index (χ1n) is 22.1. The molecule has 4 heterocycles. The number of rotatable bonds is 16. The summed E-state index contributed by atoms with van der Waals surface area (Å²) in [7, 11) is 0. The number of carboxylic acids is 1. The third-order valence-electron chi connectivity index (χ3n) is 12.9. The fourth-order valence-electron chi connectivity index (χ4n) is 9.22. The number of anilines is 1. The molecule has 2 aliphatic heterocycles. The van der Waals surface area contributed by atoms with Crippen LogP contribution < -0.4 is 30.7 Å². The average Bonchev–Trinajstić information content (AvgIpc) is 3.91. The number of oxazole rings is 1. The zero-order chi connectivity index (χ0) is 44.8. The quantitative estimate of drug-likeness (QED) is 0.119. The van der Waals surface area contributed by atoms with Crippen LogP contribution in [0.15, 0.2) is 41.5 Å². The maximum atomic E-state index is 14.8. The molecule has 3 amide bonds. The van der Waals surface area contributed by atoms with Crippen LogP contribution in [0.4, 0.5) is 10.8 Å². The van der Waals surface area contributed by atoms with Crippen LogP contribution >= 0.6 is 11.6 Å². The third-order valence-corrected chi connectivity index (χ3v) is 13.3. The number of fused-ring (bicyclic) bond motifs is 2. The molecule has 1 unspecified atom stereocenters. The maximum Gasteiger partial charge on any atom is 0.408 e. The van der Waals surface area contributed by atoms with Crippen molar-refractivity contribution >= 4 is 52.4 Å². The lowest BCUT2D eigenvalue weighted by Crippen LogP contribution is -2.59. The van der Waals surface area contributed by atoms with Crippen LogP contribution in [-0.2, 0) is 19.1 Å². The standard InChI is InChI=1S/C45H59ClN8O9/c1-7-27-21-45(27,41(57)58)52-39(55)33-19-29(22-54(33)40(56)38(44(4,5)6)51-43(59)63-28-17-25-16-26(25)18-28)62-35-20-31(32-23-61-42(50-32)48-24(2)3)49-37-30(35)8-9-34(36(37)46)60-15-14-53-12-10-47-11-13-53/h7-9,20,23-29,33,38,47H,1,10-19,21-22H2,2-6H3,(H,48,50)(H,51,59)(H,52,55)(H,57,58)/t25-,26+,27-,28?,29+,33+,38-,45-/m1/s1. The van der Waals surface area contributed by atoms with Crippen molar-refractivity contribution in [2.24, 2.45) is 23.2 Å². The number of carbonyl (C=O) groups is 4.